The summed E-state index contributed by atoms with van der Waals surface area (Å²) < 4.78 is 0. The first kappa shape index (κ1) is 22.6. The molecule has 0 saturated carbocycles. The van der Waals surface area contributed by atoms with Gasteiger partial charge in [-0.15, -0.1) is 11.8 Å². The number of aromatic nitrogens is 1. The average Bonchev–Trinajstić information content (AvgIpc) is 2.76. The Hall–Kier alpha value is -3.12. The maximum Gasteiger partial charge on any atom is 0.234 e. The third kappa shape index (κ3) is 6.18. The third-order valence-electron chi connectivity index (χ3n) is 4.98. The highest BCUT2D eigenvalue weighted by atomic mass is 32.2. The highest BCUT2D eigenvalue weighted by Gasteiger charge is 2.29. The summed E-state index contributed by atoms with van der Waals surface area (Å²) in [4.78, 5) is 30.4. The predicted octanol–water partition coefficient (Wildman–Crippen LogP) is 5.29. The molecule has 2 aromatic carbocycles. The number of nitrogens with zero attached hydrogens (tertiary/aromatic N) is 1. The van der Waals surface area contributed by atoms with E-state index in [9.17, 15) is 9.59 Å². The smallest absolute Gasteiger partial charge is 0.234 e. The lowest BCUT2D eigenvalue weighted by molar-refractivity contribution is -0.120. The number of rotatable bonds is 8. The Morgan fingerprint density at radius 1 is 0.935 bits per heavy atom. The van der Waals surface area contributed by atoms with Crippen molar-refractivity contribution in [3.63, 3.8) is 0 Å². The largest absolute Gasteiger partial charge is 0.326 e. The number of thioether (sulfide) groups is 1. The molecule has 3 aromatic rings. The van der Waals surface area contributed by atoms with Crippen molar-refractivity contribution in [3.8, 4) is 0 Å². The Morgan fingerprint density at radius 2 is 1.65 bits per heavy atom. The molecular formula is C25H27N3O2S. The number of pyridine rings is 1. The highest BCUT2D eigenvalue weighted by molar-refractivity contribution is 7.99. The number of benzene rings is 2. The van der Waals surface area contributed by atoms with Gasteiger partial charge in [-0.2, -0.15) is 0 Å². The summed E-state index contributed by atoms with van der Waals surface area (Å²) >= 11 is 1.78. The second-order valence-electron chi connectivity index (χ2n) is 7.70. The van der Waals surface area contributed by atoms with Gasteiger partial charge in [-0.1, -0.05) is 31.2 Å². The minimum atomic E-state index is -0.739. The second-order valence-corrected chi connectivity index (χ2v) is 9.04. The van der Waals surface area contributed by atoms with Gasteiger partial charge in [-0.05, 0) is 67.1 Å². The fourth-order valence-corrected chi connectivity index (χ4v) is 3.75. The number of hydrogen-bond donors (Lipinski definition) is 2. The molecule has 2 amide bonds. The van der Waals surface area contributed by atoms with Crippen LogP contribution in [0.25, 0.3) is 0 Å². The molecule has 2 N–H and O–H groups in total. The van der Waals surface area contributed by atoms with E-state index >= 15 is 0 Å². The molecule has 5 nitrogen and oxygen atoms in total. The fourth-order valence-electron chi connectivity index (χ4n) is 3.09. The van der Waals surface area contributed by atoms with Crippen LogP contribution in [-0.4, -0.2) is 22.6 Å². The molecule has 6 heteroatoms. The summed E-state index contributed by atoms with van der Waals surface area (Å²) in [6, 6.07) is 19.0. The molecule has 1 heterocycles. The van der Waals surface area contributed by atoms with E-state index in [-0.39, 0.29) is 11.8 Å². The van der Waals surface area contributed by atoms with E-state index in [0.717, 1.165) is 16.9 Å². The van der Waals surface area contributed by atoms with E-state index in [1.807, 2.05) is 62.4 Å². The van der Waals surface area contributed by atoms with Crippen LogP contribution in [-0.2, 0) is 21.4 Å². The molecular weight excluding hydrogens is 406 g/mol. The van der Waals surface area contributed by atoms with Crippen LogP contribution in [0.4, 0.5) is 11.4 Å². The fraction of sp³-hybridized carbons (Fsp3) is 0.240. The van der Waals surface area contributed by atoms with Crippen LogP contribution in [0.15, 0.2) is 78.0 Å². The third-order valence-corrected chi connectivity index (χ3v) is 5.87. The molecule has 0 unspecified atom stereocenters. The van der Waals surface area contributed by atoms with E-state index in [2.05, 4.69) is 22.5 Å². The van der Waals surface area contributed by atoms with Crippen molar-refractivity contribution < 1.29 is 9.59 Å². The van der Waals surface area contributed by atoms with Crippen LogP contribution in [0.5, 0.6) is 0 Å². The van der Waals surface area contributed by atoms with Crippen LogP contribution < -0.4 is 10.6 Å². The zero-order chi connectivity index (χ0) is 22.3. The minimum absolute atomic E-state index is 0.0720. The molecule has 0 bridgehead atoms. The van der Waals surface area contributed by atoms with E-state index < -0.39 is 5.41 Å². The normalized spacial score (nSPS) is 11.1. The van der Waals surface area contributed by atoms with Crippen molar-refractivity contribution in [2.45, 2.75) is 37.5 Å². The molecule has 0 aliphatic carbocycles. The Labute approximate surface area is 187 Å². The lowest BCUT2D eigenvalue weighted by Gasteiger charge is -2.24. The van der Waals surface area contributed by atoms with Crippen molar-refractivity contribution in [1.29, 1.82) is 0 Å². The van der Waals surface area contributed by atoms with Gasteiger partial charge in [0.05, 0.1) is 23.7 Å². The van der Waals surface area contributed by atoms with Crippen LogP contribution in [0, 0.1) is 0 Å². The Balaban J connectivity index is 1.59. The molecule has 0 radical (unpaired) electrons. The second kappa shape index (κ2) is 10.3. The van der Waals surface area contributed by atoms with E-state index in [0.29, 0.717) is 17.8 Å². The molecule has 0 spiro atoms. The molecule has 3 rings (SSSR count). The minimum Gasteiger partial charge on any atom is -0.326 e. The van der Waals surface area contributed by atoms with Gasteiger partial charge in [0.15, 0.2) is 0 Å². The molecule has 160 valence electrons. The Kier molecular flexibility index (Phi) is 7.47. The molecule has 0 atom stereocenters. The maximum atomic E-state index is 12.8. The van der Waals surface area contributed by atoms with Gasteiger partial charge in [0.1, 0.15) is 0 Å². The zero-order valence-electron chi connectivity index (χ0n) is 18.0. The molecule has 0 aliphatic heterocycles. The van der Waals surface area contributed by atoms with Crippen molar-refractivity contribution in [1.82, 2.24) is 4.98 Å². The summed E-state index contributed by atoms with van der Waals surface area (Å²) in [7, 11) is 0. The van der Waals surface area contributed by atoms with Crippen LogP contribution in [0.2, 0.25) is 0 Å². The zero-order valence-corrected chi connectivity index (χ0v) is 18.8. The van der Waals surface area contributed by atoms with Crippen molar-refractivity contribution >= 4 is 35.0 Å². The van der Waals surface area contributed by atoms with Gasteiger partial charge in [0.25, 0.3) is 0 Å². The molecule has 1 aromatic heterocycles. The number of hydrogen-bond acceptors (Lipinski definition) is 4. The first-order chi connectivity index (χ1) is 14.9. The molecule has 31 heavy (non-hydrogen) atoms. The van der Waals surface area contributed by atoms with Crippen molar-refractivity contribution in [2.75, 3.05) is 16.4 Å². The van der Waals surface area contributed by atoms with Gasteiger partial charge < -0.3 is 10.6 Å². The highest BCUT2D eigenvalue weighted by Crippen LogP contribution is 2.26. The molecule has 0 aliphatic rings. The topological polar surface area (TPSA) is 71.1 Å². The molecule has 0 saturated heterocycles. The van der Waals surface area contributed by atoms with Crippen molar-refractivity contribution in [2.24, 2.45) is 0 Å². The summed E-state index contributed by atoms with van der Waals surface area (Å²) in [5.74, 6) is 0.830. The maximum absolute atomic E-state index is 12.8. The quantitative estimate of drug-likeness (QED) is 0.474. The van der Waals surface area contributed by atoms with Crippen LogP contribution in [0.1, 0.15) is 31.9 Å². The van der Waals surface area contributed by atoms with Crippen LogP contribution >= 0.6 is 11.8 Å². The van der Waals surface area contributed by atoms with E-state index in [4.69, 9.17) is 0 Å². The first-order valence-corrected chi connectivity index (χ1v) is 11.2. The standard InChI is InChI=1S/C25H27N3O2S/c1-4-31-22-13-7-18(8-14-22)16-23(29)27-20-11-9-19(10-12-20)25(2,3)24(30)28-21-6-5-15-26-17-21/h5-15,17H,4,16H2,1-3H3,(H,27,29)(H,28,30). The molecule has 0 fully saturated rings. The SMILES string of the molecule is CCSc1ccc(CC(=O)Nc2ccc(C(C)(C)C(=O)Nc3cccnc3)cc2)cc1. The van der Waals surface area contributed by atoms with E-state index in [1.165, 1.54) is 4.90 Å². The van der Waals surface area contributed by atoms with Gasteiger partial charge in [0.2, 0.25) is 11.8 Å². The van der Waals surface area contributed by atoms with Crippen molar-refractivity contribution in [3.05, 3.63) is 84.2 Å². The average molecular weight is 434 g/mol. The Bertz CT molecular complexity index is 1020. The Morgan fingerprint density at radius 3 is 2.26 bits per heavy atom. The van der Waals surface area contributed by atoms with E-state index in [1.54, 1.807) is 36.3 Å². The lowest BCUT2D eigenvalue weighted by atomic mass is 9.83. The number of carbonyl (C=O) groups excluding carboxylic acids is 2. The van der Waals surface area contributed by atoms with Gasteiger partial charge in [0, 0.05) is 16.8 Å². The predicted molar refractivity (Wildman–Crippen MR) is 128 cm³/mol. The summed E-state index contributed by atoms with van der Waals surface area (Å²) in [6.45, 7) is 5.85. The summed E-state index contributed by atoms with van der Waals surface area (Å²) in [6.07, 6.45) is 3.59. The van der Waals surface area contributed by atoms with Gasteiger partial charge >= 0.3 is 0 Å². The van der Waals surface area contributed by atoms with Crippen LogP contribution in [0.3, 0.4) is 0 Å². The number of carbonyl (C=O) groups is 2. The summed E-state index contributed by atoms with van der Waals surface area (Å²) in [5, 5.41) is 5.82. The summed E-state index contributed by atoms with van der Waals surface area (Å²) in [5.41, 5.74) is 2.45. The number of anilines is 2. The first-order valence-electron chi connectivity index (χ1n) is 10.2. The number of nitrogens with one attached hydrogen (secondary N) is 2. The number of amides is 2. The van der Waals surface area contributed by atoms with Gasteiger partial charge in [-0.3, -0.25) is 14.6 Å². The monoisotopic (exact) mass is 433 g/mol. The lowest BCUT2D eigenvalue weighted by Crippen LogP contribution is -2.34. The van der Waals surface area contributed by atoms with Gasteiger partial charge in [-0.25, -0.2) is 0 Å².